The molecule has 0 aliphatic rings. The van der Waals surface area contributed by atoms with Crippen molar-refractivity contribution in [2.24, 2.45) is 0 Å². The normalized spacial score (nSPS) is 11.2. The van der Waals surface area contributed by atoms with Gasteiger partial charge in [0.2, 0.25) is 0 Å². The average molecular weight is 364 g/mol. The number of hydrogen-bond acceptors (Lipinski definition) is 3. The fourth-order valence-corrected chi connectivity index (χ4v) is 3.90. The summed E-state index contributed by atoms with van der Waals surface area (Å²) in [6.45, 7) is 1.97. The number of para-hydroxylation sites is 1. The van der Waals surface area contributed by atoms with Crippen molar-refractivity contribution in [3.8, 4) is 5.69 Å². The first-order valence-electron chi connectivity index (χ1n) is 8.43. The summed E-state index contributed by atoms with van der Waals surface area (Å²) >= 11 is 1.40. The highest BCUT2D eigenvalue weighted by atomic mass is 32.1. The van der Waals surface area contributed by atoms with Gasteiger partial charge in [0.05, 0.1) is 11.2 Å². The molecule has 0 atom stereocenters. The minimum Gasteiger partial charge on any atom is -0.267 e. The third kappa shape index (κ3) is 2.95. The molecule has 0 fully saturated rings. The molecule has 0 saturated heterocycles. The first-order valence-corrected chi connectivity index (χ1v) is 9.31. The topological polar surface area (TPSA) is 34.9 Å². The number of aryl methyl sites for hydroxylation is 3. The van der Waals surface area contributed by atoms with Crippen LogP contribution in [-0.2, 0) is 12.8 Å². The molecule has 0 spiro atoms. The van der Waals surface area contributed by atoms with Crippen LogP contribution in [0.1, 0.15) is 17.0 Å². The average Bonchev–Trinajstić information content (AvgIpc) is 3.11. The lowest BCUT2D eigenvalue weighted by molar-refractivity contribution is 0.606. The molecule has 26 heavy (non-hydrogen) atoms. The van der Waals surface area contributed by atoms with Crippen molar-refractivity contribution < 1.29 is 4.39 Å². The van der Waals surface area contributed by atoms with E-state index < -0.39 is 0 Å². The van der Waals surface area contributed by atoms with Gasteiger partial charge < -0.3 is 0 Å². The van der Waals surface area contributed by atoms with E-state index in [-0.39, 0.29) is 11.4 Å². The minimum absolute atomic E-state index is 0.0668. The van der Waals surface area contributed by atoms with E-state index >= 15 is 0 Å². The molecule has 2 aromatic heterocycles. The van der Waals surface area contributed by atoms with Gasteiger partial charge in [0.1, 0.15) is 16.3 Å². The summed E-state index contributed by atoms with van der Waals surface area (Å²) in [4.78, 5) is 17.8. The lowest BCUT2D eigenvalue weighted by Gasteiger charge is -2.14. The van der Waals surface area contributed by atoms with Gasteiger partial charge >= 0.3 is 0 Å². The van der Waals surface area contributed by atoms with Crippen molar-refractivity contribution in [3.05, 3.63) is 93.1 Å². The summed E-state index contributed by atoms with van der Waals surface area (Å²) in [5.74, 6) is 0.423. The smallest absolute Gasteiger partial charge is 0.267 e. The number of thiophene rings is 1. The Morgan fingerprint density at radius 2 is 1.81 bits per heavy atom. The van der Waals surface area contributed by atoms with Crippen LogP contribution in [-0.4, -0.2) is 9.55 Å². The van der Waals surface area contributed by atoms with Crippen LogP contribution in [0.15, 0.2) is 64.8 Å². The van der Waals surface area contributed by atoms with E-state index in [1.54, 1.807) is 16.7 Å². The van der Waals surface area contributed by atoms with E-state index in [0.717, 1.165) is 11.3 Å². The molecule has 0 N–H and O–H groups in total. The summed E-state index contributed by atoms with van der Waals surface area (Å²) in [5.41, 5.74) is 3.09. The first-order chi connectivity index (χ1) is 12.6. The molecule has 130 valence electrons. The van der Waals surface area contributed by atoms with Crippen LogP contribution in [0.4, 0.5) is 4.39 Å². The van der Waals surface area contributed by atoms with E-state index in [1.807, 2.05) is 48.7 Å². The van der Waals surface area contributed by atoms with Gasteiger partial charge in [-0.2, -0.15) is 0 Å². The second kappa shape index (κ2) is 6.84. The Morgan fingerprint density at radius 3 is 2.62 bits per heavy atom. The fraction of sp³-hybridized carbons (Fsp3) is 0.143. The minimum atomic E-state index is -0.228. The maximum Gasteiger partial charge on any atom is 0.276 e. The largest absolute Gasteiger partial charge is 0.276 e. The molecule has 0 saturated carbocycles. The summed E-state index contributed by atoms with van der Waals surface area (Å²) in [6, 6.07) is 16.3. The number of hydrogen-bond donors (Lipinski definition) is 0. The van der Waals surface area contributed by atoms with Crippen molar-refractivity contribution in [2.45, 2.75) is 19.8 Å². The van der Waals surface area contributed by atoms with Crippen molar-refractivity contribution in [1.29, 1.82) is 0 Å². The monoisotopic (exact) mass is 364 g/mol. The Bertz CT molecular complexity index is 1150. The fourth-order valence-electron chi connectivity index (χ4n) is 3.14. The lowest BCUT2D eigenvalue weighted by atomic mass is 10.1. The molecule has 0 aliphatic heterocycles. The van der Waals surface area contributed by atoms with E-state index in [9.17, 15) is 9.18 Å². The Hall–Kier alpha value is -2.79. The Balaban J connectivity index is 1.85. The third-order valence-electron chi connectivity index (χ3n) is 4.48. The zero-order valence-electron chi connectivity index (χ0n) is 14.3. The lowest BCUT2D eigenvalue weighted by Crippen LogP contribution is -2.24. The molecule has 0 radical (unpaired) electrons. The zero-order valence-corrected chi connectivity index (χ0v) is 15.1. The van der Waals surface area contributed by atoms with Crippen molar-refractivity contribution >= 4 is 21.6 Å². The van der Waals surface area contributed by atoms with E-state index in [1.165, 1.54) is 17.4 Å². The van der Waals surface area contributed by atoms with Crippen LogP contribution in [0.5, 0.6) is 0 Å². The Labute approximate surface area is 154 Å². The second-order valence-corrected chi connectivity index (χ2v) is 7.10. The summed E-state index contributed by atoms with van der Waals surface area (Å²) in [5, 5.41) is 1.88. The molecule has 0 unspecified atom stereocenters. The maximum absolute atomic E-state index is 14.0. The summed E-state index contributed by atoms with van der Waals surface area (Å²) in [7, 11) is 0. The van der Waals surface area contributed by atoms with Gasteiger partial charge in [-0.3, -0.25) is 9.36 Å². The van der Waals surface area contributed by atoms with Crippen molar-refractivity contribution in [3.63, 3.8) is 0 Å². The van der Waals surface area contributed by atoms with Crippen LogP contribution in [0, 0.1) is 12.7 Å². The van der Waals surface area contributed by atoms with E-state index in [0.29, 0.717) is 34.4 Å². The summed E-state index contributed by atoms with van der Waals surface area (Å²) < 4.78 is 16.3. The van der Waals surface area contributed by atoms with Crippen molar-refractivity contribution in [2.75, 3.05) is 0 Å². The van der Waals surface area contributed by atoms with Gasteiger partial charge in [-0.05, 0) is 48.1 Å². The SMILES string of the molecule is Cc1ccccc1-n1c(CCc2ccccc2F)nc2ccsc2c1=O. The molecule has 0 bridgehead atoms. The van der Waals surface area contributed by atoms with Gasteiger partial charge in [-0.15, -0.1) is 11.3 Å². The second-order valence-electron chi connectivity index (χ2n) is 6.18. The highest BCUT2D eigenvalue weighted by Crippen LogP contribution is 2.20. The van der Waals surface area contributed by atoms with Gasteiger partial charge in [-0.1, -0.05) is 36.4 Å². The van der Waals surface area contributed by atoms with E-state index in [4.69, 9.17) is 4.98 Å². The number of nitrogens with zero attached hydrogens (tertiary/aromatic N) is 2. The first kappa shape index (κ1) is 16.7. The van der Waals surface area contributed by atoms with Crippen LogP contribution >= 0.6 is 11.3 Å². The van der Waals surface area contributed by atoms with Crippen LogP contribution < -0.4 is 5.56 Å². The molecule has 4 aromatic rings. The Morgan fingerprint density at radius 1 is 1.04 bits per heavy atom. The predicted molar refractivity (Wildman–Crippen MR) is 104 cm³/mol. The highest BCUT2D eigenvalue weighted by molar-refractivity contribution is 7.17. The Kier molecular flexibility index (Phi) is 4.39. The quantitative estimate of drug-likeness (QED) is 0.527. The third-order valence-corrected chi connectivity index (χ3v) is 5.37. The zero-order chi connectivity index (χ0) is 18.1. The molecule has 0 amide bonds. The standard InChI is InChI=1S/C21H17FN2OS/c1-14-6-2-5-9-18(14)24-19(11-10-15-7-3-4-8-16(15)22)23-17-12-13-26-20(17)21(24)25/h2-9,12-13H,10-11H2,1H3. The van der Waals surface area contributed by atoms with Crippen LogP contribution in [0.25, 0.3) is 15.9 Å². The maximum atomic E-state index is 14.0. The molecule has 2 heterocycles. The molecule has 0 aliphatic carbocycles. The highest BCUT2D eigenvalue weighted by Gasteiger charge is 2.15. The molecule has 3 nitrogen and oxygen atoms in total. The number of halogens is 1. The van der Waals surface area contributed by atoms with Gasteiger partial charge in [0, 0.05) is 6.42 Å². The van der Waals surface area contributed by atoms with Crippen LogP contribution in [0.3, 0.4) is 0 Å². The molecule has 5 heteroatoms. The summed E-state index contributed by atoms with van der Waals surface area (Å²) in [6.07, 6.45) is 0.969. The molecule has 2 aromatic carbocycles. The number of aromatic nitrogens is 2. The van der Waals surface area contributed by atoms with Crippen molar-refractivity contribution in [1.82, 2.24) is 9.55 Å². The molecular formula is C21H17FN2OS. The van der Waals surface area contributed by atoms with Gasteiger partial charge in [0.15, 0.2) is 0 Å². The number of benzene rings is 2. The molecule has 4 rings (SSSR count). The number of fused-ring (bicyclic) bond motifs is 1. The predicted octanol–water partition coefficient (Wildman–Crippen LogP) is 4.68. The number of rotatable bonds is 4. The molecular weight excluding hydrogens is 347 g/mol. The van der Waals surface area contributed by atoms with E-state index in [2.05, 4.69) is 0 Å². The van der Waals surface area contributed by atoms with Crippen LogP contribution in [0.2, 0.25) is 0 Å². The van der Waals surface area contributed by atoms with Gasteiger partial charge in [0.25, 0.3) is 5.56 Å². The van der Waals surface area contributed by atoms with Gasteiger partial charge in [-0.25, -0.2) is 9.37 Å².